The molecule has 2 aromatic heterocycles. The molecule has 2 N–H and O–H groups in total. The highest BCUT2D eigenvalue weighted by Crippen LogP contribution is 2.30. The first kappa shape index (κ1) is 22.3. The summed E-state index contributed by atoms with van der Waals surface area (Å²) in [7, 11) is 3.40. The van der Waals surface area contributed by atoms with Gasteiger partial charge >= 0.3 is 0 Å². The molecule has 170 valence electrons. The molecule has 8 nitrogen and oxygen atoms in total. The Morgan fingerprint density at radius 1 is 1.03 bits per heavy atom. The standard InChI is InChI=1S/C25H27N5O3/c1-15-19(16(2)26-24-23(15)25(33-4)29-30(24)3)12-13-21(31)27-28-22(32)14-18-10-7-9-17-8-5-6-11-20(17)18/h5-11H,12-14H2,1-4H3,(H,27,31)(H,28,32). The number of rotatable bonds is 6. The lowest BCUT2D eigenvalue weighted by Crippen LogP contribution is -2.42. The molecule has 0 atom stereocenters. The molecule has 8 heteroatoms. The lowest BCUT2D eigenvalue weighted by molar-refractivity contribution is -0.128. The van der Waals surface area contributed by atoms with E-state index in [2.05, 4.69) is 20.9 Å². The average molecular weight is 446 g/mol. The Hall–Kier alpha value is -3.94. The molecule has 0 saturated heterocycles. The fourth-order valence-corrected chi connectivity index (χ4v) is 4.21. The monoisotopic (exact) mass is 445 g/mol. The molecule has 0 saturated carbocycles. The fourth-order valence-electron chi connectivity index (χ4n) is 4.21. The van der Waals surface area contributed by atoms with Crippen LogP contribution >= 0.6 is 0 Å². The number of aryl methyl sites for hydroxylation is 3. The summed E-state index contributed by atoms with van der Waals surface area (Å²) in [4.78, 5) is 29.5. The van der Waals surface area contributed by atoms with Crippen molar-refractivity contribution < 1.29 is 14.3 Å². The van der Waals surface area contributed by atoms with Crippen LogP contribution in [-0.2, 0) is 29.5 Å². The number of aromatic nitrogens is 3. The van der Waals surface area contributed by atoms with Gasteiger partial charge in [0.05, 0.1) is 18.9 Å². The van der Waals surface area contributed by atoms with E-state index < -0.39 is 0 Å². The number of carbonyl (C=O) groups excluding carboxylic acids is 2. The van der Waals surface area contributed by atoms with E-state index in [0.717, 1.165) is 44.2 Å². The molecule has 0 radical (unpaired) electrons. The van der Waals surface area contributed by atoms with Crippen LogP contribution in [0.5, 0.6) is 5.88 Å². The molecule has 0 aliphatic rings. The predicted molar refractivity (Wildman–Crippen MR) is 127 cm³/mol. The van der Waals surface area contributed by atoms with E-state index in [9.17, 15) is 9.59 Å². The van der Waals surface area contributed by atoms with Crippen LogP contribution < -0.4 is 15.6 Å². The van der Waals surface area contributed by atoms with Crippen LogP contribution in [0.1, 0.15) is 28.8 Å². The van der Waals surface area contributed by atoms with Gasteiger partial charge in [-0.15, -0.1) is 5.10 Å². The number of hydrogen-bond donors (Lipinski definition) is 2. The maximum absolute atomic E-state index is 12.4. The van der Waals surface area contributed by atoms with Crippen LogP contribution in [0, 0.1) is 13.8 Å². The van der Waals surface area contributed by atoms with Crippen molar-refractivity contribution >= 4 is 33.6 Å². The maximum atomic E-state index is 12.4. The van der Waals surface area contributed by atoms with Gasteiger partial charge in [0.2, 0.25) is 17.7 Å². The Balaban J connectivity index is 1.38. The summed E-state index contributed by atoms with van der Waals surface area (Å²) >= 11 is 0. The smallest absolute Gasteiger partial charge is 0.242 e. The minimum absolute atomic E-state index is 0.182. The highest BCUT2D eigenvalue weighted by molar-refractivity contribution is 5.91. The number of benzene rings is 2. The van der Waals surface area contributed by atoms with Crippen molar-refractivity contribution in [1.29, 1.82) is 0 Å². The molecule has 2 aromatic carbocycles. The number of amides is 2. The van der Waals surface area contributed by atoms with Gasteiger partial charge in [0.1, 0.15) is 0 Å². The Morgan fingerprint density at radius 2 is 1.76 bits per heavy atom. The highest BCUT2D eigenvalue weighted by Gasteiger charge is 2.18. The zero-order valence-electron chi connectivity index (χ0n) is 19.2. The predicted octanol–water partition coefficient (Wildman–Crippen LogP) is 3.07. The molecule has 2 heterocycles. The summed E-state index contributed by atoms with van der Waals surface area (Å²) in [6, 6.07) is 13.8. The van der Waals surface area contributed by atoms with E-state index in [0.29, 0.717) is 12.3 Å². The van der Waals surface area contributed by atoms with E-state index in [1.165, 1.54) is 0 Å². The van der Waals surface area contributed by atoms with Gasteiger partial charge in [-0.25, -0.2) is 9.67 Å². The summed E-state index contributed by atoms with van der Waals surface area (Å²) in [6.45, 7) is 3.91. The van der Waals surface area contributed by atoms with Gasteiger partial charge < -0.3 is 4.74 Å². The number of fused-ring (bicyclic) bond motifs is 2. The van der Waals surface area contributed by atoms with Gasteiger partial charge in [0.15, 0.2) is 5.65 Å². The summed E-state index contributed by atoms with van der Waals surface area (Å²) in [5, 5.41) is 7.31. The van der Waals surface area contributed by atoms with Gasteiger partial charge in [-0.3, -0.25) is 20.4 Å². The Bertz CT molecular complexity index is 1350. The molecular weight excluding hydrogens is 418 g/mol. The second-order valence-electron chi connectivity index (χ2n) is 8.04. The topological polar surface area (TPSA) is 98.1 Å². The fraction of sp³-hybridized carbons (Fsp3) is 0.280. The van der Waals surface area contributed by atoms with Crippen molar-refractivity contribution in [2.45, 2.75) is 33.1 Å². The van der Waals surface area contributed by atoms with E-state index in [1.807, 2.05) is 63.4 Å². The molecule has 0 bridgehead atoms. The van der Waals surface area contributed by atoms with Gasteiger partial charge in [-0.05, 0) is 47.7 Å². The molecule has 33 heavy (non-hydrogen) atoms. The molecule has 0 aliphatic heterocycles. The summed E-state index contributed by atoms with van der Waals surface area (Å²) in [5.74, 6) is -0.0162. The number of hydrogen-bond acceptors (Lipinski definition) is 5. The van der Waals surface area contributed by atoms with E-state index >= 15 is 0 Å². The number of carbonyl (C=O) groups is 2. The molecule has 0 aliphatic carbocycles. The minimum Gasteiger partial charge on any atom is -0.479 e. The van der Waals surface area contributed by atoms with Gasteiger partial charge in [0, 0.05) is 19.2 Å². The third-order valence-corrected chi connectivity index (χ3v) is 5.89. The zero-order valence-corrected chi connectivity index (χ0v) is 19.2. The number of ether oxygens (including phenoxy) is 1. The molecule has 4 rings (SSSR count). The minimum atomic E-state index is -0.268. The van der Waals surface area contributed by atoms with Crippen LogP contribution in [-0.4, -0.2) is 33.7 Å². The lowest BCUT2D eigenvalue weighted by atomic mass is 10.00. The normalized spacial score (nSPS) is 11.0. The molecule has 0 fully saturated rings. The first-order chi connectivity index (χ1) is 15.9. The summed E-state index contributed by atoms with van der Waals surface area (Å²) < 4.78 is 7.08. The van der Waals surface area contributed by atoms with Crippen LogP contribution in [0.2, 0.25) is 0 Å². The van der Waals surface area contributed by atoms with Gasteiger partial charge in [-0.1, -0.05) is 42.5 Å². The number of nitrogens with zero attached hydrogens (tertiary/aromatic N) is 3. The quantitative estimate of drug-likeness (QED) is 0.445. The van der Waals surface area contributed by atoms with Crippen molar-refractivity contribution in [3.63, 3.8) is 0 Å². The number of pyridine rings is 1. The second-order valence-corrected chi connectivity index (χ2v) is 8.04. The molecule has 0 unspecified atom stereocenters. The van der Waals surface area contributed by atoms with E-state index in [-0.39, 0.29) is 24.7 Å². The Kier molecular flexibility index (Phi) is 6.26. The third kappa shape index (κ3) is 4.50. The van der Waals surface area contributed by atoms with Crippen molar-refractivity contribution in [1.82, 2.24) is 25.6 Å². The maximum Gasteiger partial charge on any atom is 0.242 e. The molecule has 4 aromatic rings. The van der Waals surface area contributed by atoms with Gasteiger partial charge in [0.25, 0.3) is 0 Å². The zero-order chi connectivity index (χ0) is 23.5. The van der Waals surface area contributed by atoms with Crippen molar-refractivity contribution in [3.05, 3.63) is 64.8 Å². The number of hydrazine groups is 1. The van der Waals surface area contributed by atoms with Crippen LogP contribution in [0.25, 0.3) is 21.8 Å². The first-order valence-electron chi connectivity index (χ1n) is 10.8. The summed E-state index contributed by atoms with van der Waals surface area (Å²) in [5.41, 5.74) is 9.53. The van der Waals surface area contributed by atoms with Crippen molar-refractivity contribution in [3.8, 4) is 5.88 Å². The van der Waals surface area contributed by atoms with Crippen molar-refractivity contribution in [2.75, 3.05) is 7.11 Å². The average Bonchev–Trinajstić information content (AvgIpc) is 3.13. The van der Waals surface area contributed by atoms with Crippen molar-refractivity contribution in [2.24, 2.45) is 7.05 Å². The van der Waals surface area contributed by atoms with Crippen LogP contribution in [0.4, 0.5) is 0 Å². The molecular formula is C25H27N5O3. The van der Waals surface area contributed by atoms with E-state index in [4.69, 9.17) is 4.74 Å². The Morgan fingerprint density at radius 3 is 2.55 bits per heavy atom. The lowest BCUT2D eigenvalue weighted by Gasteiger charge is -2.12. The summed E-state index contributed by atoms with van der Waals surface area (Å²) in [6.07, 6.45) is 0.886. The SMILES string of the molecule is COc1nn(C)c2nc(C)c(CCC(=O)NNC(=O)Cc3cccc4ccccc34)c(C)c12. The largest absolute Gasteiger partial charge is 0.479 e. The van der Waals surface area contributed by atoms with Crippen LogP contribution in [0.15, 0.2) is 42.5 Å². The van der Waals surface area contributed by atoms with Gasteiger partial charge in [-0.2, -0.15) is 0 Å². The number of nitrogens with one attached hydrogen (secondary N) is 2. The van der Waals surface area contributed by atoms with E-state index in [1.54, 1.807) is 11.8 Å². The Labute approximate surface area is 191 Å². The second kappa shape index (κ2) is 9.28. The van der Waals surface area contributed by atoms with Crippen LogP contribution in [0.3, 0.4) is 0 Å². The third-order valence-electron chi connectivity index (χ3n) is 5.89. The first-order valence-corrected chi connectivity index (χ1v) is 10.8. The molecule has 2 amide bonds. The highest BCUT2D eigenvalue weighted by atomic mass is 16.5. The molecule has 0 spiro atoms. The number of methoxy groups -OCH3 is 1.